The number of nitrogens with one attached hydrogen (secondary N) is 1. The van der Waals surface area contributed by atoms with Gasteiger partial charge in [0.05, 0.1) is 41.5 Å². The number of pyridine rings is 1. The van der Waals surface area contributed by atoms with E-state index in [9.17, 15) is 13.2 Å². The first-order valence-corrected chi connectivity index (χ1v) is 9.63. The Kier molecular flexibility index (Phi) is 4.40. The van der Waals surface area contributed by atoms with Gasteiger partial charge in [0.2, 0.25) is 5.91 Å². The minimum absolute atomic E-state index is 0.121. The summed E-state index contributed by atoms with van der Waals surface area (Å²) in [5.41, 5.74) is 3.11. The van der Waals surface area contributed by atoms with Gasteiger partial charge in [0.25, 0.3) is 0 Å². The molecule has 0 unspecified atom stereocenters. The van der Waals surface area contributed by atoms with Crippen molar-refractivity contribution >= 4 is 21.4 Å². The first-order valence-electron chi connectivity index (χ1n) is 7.80. The summed E-state index contributed by atoms with van der Waals surface area (Å²) in [6, 6.07) is 3.39. The Morgan fingerprint density at radius 3 is 2.83 bits per heavy atom. The minimum Gasteiger partial charge on any atom is -0.324 e. The molecule has 0 aromatic carbocycles. The fourth-order valence-corrected chi connectivity index (χ4v) is 4.77. The van der Waals surface area contributed by atoms with Crippen LogP contribution in [0.3, 0.4) is 0 Å². The maximum absolute atomic E-state index is 12.2. The molecule has 2 aromatic heterocycles. The van der Waals surface area contributed by atoms with E-state index in [2.05, 4.69) is 15.4 Å². The number of aromatic nitrogens is 3. The molecule has 1 N–H and O–H groups in total. The molecule has 1 amide bonds. The molecule has 1 atom stereocenters. The number of rotatable bonds is 4. The second kappa shape index (κ2) is 6.35. The molecular formula is C16H20N4O3S. The lowest BCUT2D eigenvalue weighted by Gasteiger charge is -2.11. The highest BCUT2D eigenvalue weighted by atomic mass is 32.2. The fraction of sp³-hybridized carbons (Fsp3) is 0.438. The molecule has 0 radical (unpaired) electrons. The number of nitrogens with zero attached hydrogens (tertiary/aromatic N) is 3. The number of hydrogen-bond donors (Lipinski definition) is 1. The maximum atomic E-state index is 12.2. The SMILES string of the molecule is Cc1nn([C@@H]2CCS(=O)(=O)C2)c(C)c1CC(=O)Nc1cccnc1. The summed E-state index contributed by atoms with van der Waals surface area (Å²) in [5.74, 6) is 0.177. The van der Waals surface area contributed by atoms with Crippen LogP contribution in [0.25, 0.3) is 0 Å². The molecule has 1 fully saturated rings. The monoisotopic (exact) mass is 348 g/mol. The van der Waals surface area contributed by atoms with Crippen molar-refractivity contribution in [3.05, 3.63) is 41.5 Å². The van der Waals surface area contributed by atoms with Crippen molar-refractivity contribution in [2.24, 2.45) is 0 Å². The van der Waals surface area contributed by atoms with E-state index in [1.807, 2.05) is 13.8 Å². The number of amides is 1. The molecule has 1 aliphatic rings. The number of sulfone groups is 1. The lowest BCUT2D eigenvalue weighted by Crippen LogP contribution is -2.16. The van der Waals surface area contributed by atoms with Gasteiger partial charge in [-0.3, -0.25) is 14.5 Å². The van der Waals surface area contributed by atoms with Crippen LogP contribution >= 0.6 is 0 Å². The van der Waals surface area contributed by atoms with Crippen molar-refractivity contribution < 1.29 is 13.2 Å². The molecule has 1 saturated heterocycles. The first kappa shape index (κ1) is 16.6. The molecule has 0 spiro atoms. The molecule has 7 nitrogen and oxygen atoms in total. The molecule has 128 valence electrons. The zero-order valence-electron chi connectivity index (χ0n) is 13.7. The van der Waals surface area contributed by atoms with Crippen molar-refractivity contribution in [2.75, 3.05) is 16.8 Å². The van der Waals surface area contributed by atoms with Gasteiger partial charge in [0, 0.05) is 17.5 Å². The smallest absolute Gasteiger partial charge is 0.228 e. The zero-order chi connectivity index (χ0) is 17.3. The van der Waals surface area contributed by atoms with Crippen LogP contribution in [0.4, 0.5) is 5.69 Å². The van der Waals surface area contributed by atoms with Crippen LogP contribution < -0.4 is 5.32 Å². The lowest BCUT2D eigenvalue weighted by molar-refractivity contribution is -0.115. The summed E-state index contributed by atoms with van der Waals surface area (Å²) in [6.07, 6.45) is 4.01. The third kappa shape index (κ3) is 3.48. The van der Waals surface area contributed by atoms with E-state index in [1.165, 1.54) is 0 Å². The third-order valence-corrected chi connectivity index (χ3v) is 6.06. The van der Waals surface area contributed by atoms with Crippen molar-refractivity contribution in [1.29, 1.82) is 0 Å². The molecule has 3 heterocycles. The van der Waals surface area contributed by atoms with Gasteiger partial charge < -0.3 is 5.32 Å². The van der Waals surface area contributed by atoms with Crippen LogP contribution in [-0.2, 0) is 21.1 Å². The Bertz CT molecular complexity index is 859. The van der Waals surface area contributed by atoms with Gasteiger partial charge in [-0.05, 0) is 32.4 Å². The summed E-state index contributed by atoms with van der Waals surface area (Å²) in [5, 5.41) is 7.28. The number of anilines is 1. The van der Waals surface area contributed by atoms with Crippen molar-refractivity contribution in [3.63, 3.8) is 0 Å². The Balaban J connectivity index is 1.76. The number of aryl methyl sites for hydroxylation is 1. The molecule has 0 aliphatic carbocycles. The van der Waals surface area contributed by atoms with Crippen LogP contribution in [0.2, 0.25) is 0 Å². The Hall–Kier alpha value is -2.22. The second-order valence-corrected chi connectivity index (χ2v) is 8.35. The van der Waals surface area contributed by atoms with Crippen LogP contribution in [0.15, 0.2) is 24.5 Å². The van der Waals surface area contributed by atoms with Crippen LogP contribution in [0.1, 0.15) is 29.4 Å². The molecule has 0 bridgehead atoms. The molecular weight excluding hydrogens is 328 g/mol. The largest absolute Gasteiger partial charge is 0.324 e. The van der Waals surface area contributed by atoms with E-state index < -0.39 is 9.84 Å². The topological polar surface area (TPSA) is 94.0 Å². The zero-order valence-corrected chi connectivity index (χ0v) is 14.5. The third-order valence-electron chi connectivity index (χ3n) is 4.31. The fourth-order valence-electron chi connectivity index (χ4n) is 3.08. The number of carbonyl (C=O) groups excluding carboxylic acids is 1. The van der Waals surface area contributed by atoms with E-state index in [4.69, 9.17) is 0 Å². The van der Waals surface area contributed by atoms with Gasteiger partial charge >= 0.3 is 0 Å². The second-order valence-electron chi connectivity index (χ2n) is 6.12. The van der Waals surface area contributed by atoms with E-state index >= 15 is 0 Å². The molecule has 1 aliphatic heterocycles. The molecule has 8 heteroatoms. The standard InChI is InChI=1S/C16H20N4O3S/c1-11-15(8-16(21)18-13-4-3-6-17-9-13)12(2)20(19-11)14-5-7-24(22,23)10-14/h3-4,6,9,14H,5,7-8,10H2,1-2H3,(H,18,21)/t14-/m1/s1. The van der Waals surface area contributed by atoms with Crippen molar-refractivity contribution in [1.82, 2.24) is 14.8 Å². The normalized spacial score (nSPS) is 19.3. The molecule has 24 heavy (non-hydrogen) atoms. The predicted molar refractivity (Wildman–Crippen MR) is 90.6 cm³/mol. The van der Waals surface area contributed by atoms with Gasteiger partial charge in [-0.15, -0.1) is 0 Å². The Labute approximate surface area is 141 Å². The van der Waals surface area contributed by atoms with Crippen LogP contribution in [0.5, 0.6) is 0 Å². The first-order chi connectivity index (χ1) is 11.4. The predicted octanol–water partition coefficient (Wildman–Crippen LogP) is 1.44. The molecule has 2 aromatic rings. The van der Waals surface area contributed by atoms with Crippen molar-refractivity contribution in [3.8, 4) is 0 Å². The van der Waals surface area contributed by atoms with E-state index in [0.29, 0.717) is 12.1 Å². The lowest BCUT2D eigenvalue weighted by atomic mass is 10.1. The number of carbonyl (C=O) groups is 1. The maximum Gasteiger partial charge on any atom is 0.228 e. The average molecular weight is 348 g/mol. The van der Waals surface area contributed by atoms with E-state index in [-0.39, 0.29) is 29.9 Å². The summed E-state index contributed by atoms with van der Waals surface area (Å²) in [4.78, 5) is 16.2. The van der Waals surface area contributed by atoms with Crippen LogP contribution in [0, 0.1) is 13.8 Å². The molecule has 0 saturated carbocycles. The Morgan fingerprint density at radius 2 is 2.21 bits per heavy atom. The van der Waals surface area contributed by atoms with E-state index in [0.717, 1.165) is 17.0 Å². The van der Waals surface area contributed by atoms with Gasteiger partial charge in [-0.25, -0.2) is 8.42 Å². The summed E-state index contributed by atoms with van der Waals surface area (Å²) >= 11 is 0. The highest BCUT2D eigenvalue weighted by Crippen LogP contribution is 2.27. The van der Waals surface area contributed by atoms with Gasteiger partial charge in [-0.1, -0.05) is 0 Å². The van der Waals surface area contributed by atoms with Gasteiger partial charge in [0.1, 0.15) is 0 Å². The van der Waals surface area contributed by atoms with E-state index in [1.54, 1.807) is 29.2 Å². The van der Waals surface area contributed by atoms with Gasteiger partial charge in [-0.2, -0.15) is 5.10 Å². The molecule has 3 rings (SSSR count). The van der Waals surface area contributed by atoms with Gasteiger partial charge in [0.15, 0.2) is 9.84 Å². The number of hydrogen-bond acceptors (Lipinski definition) is 5. The summed E-state index contributed by atoms with van der Waals surface area (Å²) in [6.45, 7) is 3.73. The van der Waals surface area contributed by atoms with Crippen LogP contribution in [-0.4, -0.2) is 40.6 Å². The average Bonchev–Trinajstić information content (AvgIpc) is 3.02. The summed E-state index contributed by atoms with van der Waals surface area (Å²) < 4.78 is 25.1. The minimum atomic E-state index is -2.97. The van der Waals surface area contributed by atoms with Crippen molar-refractivity contribution in [2.45, 2.75) is 32.7 Å². The Morgan fingerprint density at radius 1 is 1.42 bits per heavy atom. The quantitative estimate of drug-likeness (QED) is 0.902. The summed E-state index contributed by atoms with van der Waals surface area (Å²) in [7, 11) is -2.97. The highest BCUT2D eigenvalue weighted by molar-refractivity contribution is 7.91. The highest BCUT2D eigenvalue weighted by Gasteiger charge is 2.31.